The average molecular weight is 544 g/mol. The number of nitrogen functional groups attached to an aromatic ring is 1. The predicted octanol–water partition coefficient (Wildman–Crippen LogP) is 4.99. The highest BCUT2D eigenvalue weighted by molar-refractivity contribution is 9.10. The van der Waals surface area contributed by atoms with Gasteiger partial charge in [0.25, 0.3) is 0 Å². The van der Waals surface area contributed by atoms with E-state index in [0.29, 0.717) is 34.5 Å². The summed E-state index contributed by atoms with van der Waals surface area (Å²) in [5.74, 6) is -0.568. The minimum atomic E-state index is -0.630. The largest absolute Gasteiger partial charge is 0.467 e. The normalized spacial score (nSPS) is 19.3. The zero-order chi connectivity index (χ0) is 23.7. The van der Waals surface area contributed by atoms with Crippen LogP contribution < -0.4 is 15.4 Å². The highest BCUT2D eigenvalue weighted by Gasteiger charge is 2.44. The lowest BCUT2D eigenvalue weighted by Crippen LogP contribution is -2.64. The number of rotatable bonds is 3. The van der Waals surface area contributed by atoms with Gasteiger partial charge in [-0.1, -0.05) is 22.0 Å². The second-order valence-corrected chi connectivity index (χ2v) is 10.1. The lowest BCUT2D eigenvalue weighted by atomic mass is 9.90. The van der Waals surface area contributed by atoms with Crippen LogP contribution >= 0.6 is 27.3 Å². The van der Waals surface area contributed by atoms with Crippen molar-refractivity contribution in [3.05, 3.63) is 39.9 Å². The van der Waals surface area contributed by atoms with Gasteiger partial charge in [0.05, 0.1) is 42.7 Å². The summed E-state index contributed by atoms with van der Waals surface area (Å²) in [7, 11) is 1.43. The van der Waals surface area contributed by atoms with Crippen LogP contribution in [-0.4, -0.2) is 42.4 Å². The van der Waals surface area contributed by atoms with Crippen LogP contribution in [0.1, 0.15) is 12.0 Å². The molecule has 4 heterocycles. The molecule has 172 valence electrons. The van der Waals surface area contributed by atoms with Crippen molar-refractivity contribution in [1.82, 2.24) is 9.97 Å². The summed E-state index contributed by atoms with van der Waals surface area (Å²) in [6.07, 6.45) is 0.986. The highest BCUT2D eigenvalue weighted by atomic mass is 79.9. The summed E-state index contributed by atoms with van der Waals surface area (Å²) in [5.41, 5.74) is 6.68. The third-order valence-corrected chi connectivity index (χ3v) is 8.07. The van der Waals surface area contributed by atoms with Crippen LogP contribution in [0.4, 0.5) is 19.6 Å². The number of nitrogens with two attached hydrogens (primary N) is 1. The van der Waals surface area contributed by atoms with Crippen molar-refractivity contribution in [2.75, 3.05) is 31.0 Å². The Kier molecular flexibility index (Phi) is 4.88. The molecule has 2 atom stereocenters. The predicted molar refractivity (Wildman–Crippen MR) is 129 cm³/mol. The number of halogens is 3. The van der Waals surface area contributed by atoms with Crippen molar-refractivity contribution in [3.8, 4) is 23.2 Å². The van der Waals surface area contributed by atoms with Gasteiger partial charge in [0.15, 0.2) is 5.82 Å². The van der Waals surface area contributed by atoms with E-state index in [4.69, 9.17) is 15.2 Å². The number of ether oxygens (including phenoxy) is 2. The zero-order valence-corrected chi connectivity index (χ0v) is 20.1. The summed E-state index contributed by atoms with van der Waals surface area (Å²) in [5, 5.41) is 10.6. The third kappa shape index (κ3) is 2.92. The van der Waals surface area contributed by atoms with Gasteiger partial charge in [0.2, 0.25) is 0 Å². The van der Waals surface area contributed by atoms with Crippen molar-refractivity contribution in [2.45, 2.75) is 18.5 Å². The van der Waals surface area contributed by atoms with Crippen LogP contribution in [0.2, 0.25) is 0 Å². The Morgan fingerprint density at radius 1 is 1.29 bits per heavy atom. The Labute approximate surface area is 204 Å². The number of morpholine rings is 1. The van der Waals surface area contributed by atoms with Crippen molar-refractivity contribution in [2.24, 2.45) is 0 Å². The molecule has 0 radical (unpaired) electrons. The fourth-order valence-corrected chi connectivity index (χ4v) is 6.45. The number of hydrogen-bond acceptors (Lipinski definition) is 8. The Balaban J connectivity index is 1.65. The van der Waals surface area contributed by atoms with Crippen molar-refractivity contribution < 1.29 is 18.3 Å². The molecular weight excluding hydrogens is 528 g/mol. The lowest BCUT2D eigenvalue weighted by molar-refractivity contribution is 0.00984. The molecule has 0 saturated carbocycles. The van der Waals surface area contributed by atoms with E-state index in [0.717, 1.165) is 17.8 Å². The Bertz CT molecular complexity index is 1540. The molecule has 0 spiro atoms. The smallest absolute Gasteiger partial charge is 0.318 e. The molecule has 6 rings (SSSR count). The first-order valence-corrected chi connectivity index (χ1v) is 12.0. The number of thiophene rings is 1. The van der Waals surface area contributed by atoms with Crippen LogP contribution in [0.3, 0.4) is 0 Å². The van der Waals surface area contributed by atoms with Gasteiger partial charge in [-0.25, -0.2) is 8.78 Å². The van der Waals surface area contributed by atoms with Gasteiger partial charge in [-0.05, 0) is 24.1 Å². The molecule has 2 aromatic carbocycles. The SMILES string of the molecule is COc1nc(N2C3COCC2C3)c2cc(Br)c(-c3ccc(F)c4sc(N)c(C#N)c34)c(F)c2n1. The first-order valence-electron chi connectivity index (χ1n) is 10.4. The number of aromatic nitrogens is 2. The maximum atomic E-state index is 16.2. The van der Waals surface area contributed by atoms with Gasteiger partial charge in [-0.15, -0.1) is 11.3 Å². The first kappa shape index (κ1) is 21.5. The summed E-state index contributed by atoms with van der Waals surface area (Å²) >= 11 is 4.47. The minimum absolute atomic E-state index is 0.0438. The molecule has 2 fully saturated rings. The molecule has 7 nitrogen and oxygen atoms in total. The summed E-state index contributed by atoms with van der Waals surface area (Å²) in [6, 6.07) is 6.85. The number of nitrogens with zero attached hydrogens (tertiary/aromatic N) is 4. The minimum Gasteiger partial charge on any atom is -0.467 e. The van der Waals surface area contributed by atoms with Gasteiger partial charge in [-0.3, -0.25) is 0 Å². The van der Waals surface area contributed by atoms with E-state index in [-0.39, 0.29) is 49.8 Å². The van der Waals surface area contributed by atoms with Gasteiger partial charge in [0.1, 0.15) is 28.2 Å². The third-order valence-electron chi connectivity index (χ3n) is 6.42. The van der Waals surface area contributed by atoms with Gasteiger partial charge < -0.3 is 20.1 Å². The molecule has 2 aliphatic rings. The van der Waals surface area contributed by atoms with E-state index in [1.165, 1.54) is 19.2 Å². The Hall–Kier alpha value is -3.07. The fourth-order valence-electron chi connectivity index (χ4n) is 4.89. The molecular formula is C23H16BrF2N5O2S. The van der Waals surface area contributed by atoms with Crippen LogP contribution in [0.5, 0.6) is 6.01 Å². The van der Waals surface area contributed by atoms with E-state index >= 15 is 4.39 Å². The van der Waals surface area contributed by atoms with E-state index < -0.39 is 11.6 Å². The summed E-state index contributed by atoms with van der Waals surface area (Å²) in [6.45, 7) is 1.16. The summed E-state index contributed by atoms with van der Waals surface area (Å²) < 4.78 is 42.3. The number of anilines is 2. The number of benzene rings is 2. The molecule has 11 heteroatoms. The lowest BCUT2D eigenvalue weighted by Gasteiger charge is -2.53. The van der Waals surface area contributed by atoms with E-state index in [2.05, 4.69) is 30.8 Å². The van der Waals surface area contributed by atoms with Crippen molar-refractivity contribution in [3.63, 3.8) is 0 Å². The van der Waals surface area contributed by atoms with Crippen molar-refractivity contribution in [1.29, 1.82) is 5.26 Å². The van der Waals surface area contributed by atoms with Crippen LogP contribution in [0.25, 0.3) is 32.1 Å². The van der Waals surface area contributed by atoms with E-state index in [1.807, 2.05) is 6.07 Å². The number of methoxy groups -OCH3 is 1. The Morgan fingerprint density at radius 2 is 2.06 bits per heavy atom. The van der Waals surface area contributed by atoms with Crippen molar-refractivity contribution >= 4 is 59.1 Å². The first-order chi connectivity index (χ1) is 16.4. The molecule has 2 aliphatic heterocycles. The van der Waals surface area contributed by atoms with Crippen LogP contribution in [0.15, 0.2) is 22.7 Å². The Morgan fingerprint density at radius 3 is 2.74 bits per heavy atom. The number of hydrogen-bond donors (Lipinski definition) is 1. The highest BCUT2D eigenvalue weighted by Crippen LogP contribution is 2.47. The molecule has 34 heavy (non-hydrogen) atoms. The standard InChI is InChI=1S/C23H16BrF2N5O2S/c1-32-23-29-19-12(22(30-23)31-9-4-10(31)8-33-7-9)5-14(24)17(18(19)26)11-2-3-15(25)20-16(11)13(6-27)21(28)34-20/h2-3,5,9-10H,4,7-8,28H2,1H3. The quantitative estimate of drug-likeness (QED) is 0.388. The molecule has 2 unspecified atom stereocenters. The monoisotopic (exact) mass is 543 g/mol. The number of fused-ring (bicyclic) bond motifs is 4. The van der Waals surface area contributed by atoms with E-state index in [9.17, 15) is 9.65 Å². The molecule has 2 aromatic heterocycles. The molecule has 0 amide bonds. The van der Waals surface area contributed by atoms with Gasteiger partial charge >= 0.3 is 6.01 Å². The van der Waals surface area contributed by atoms with Crippen LogP contribution in [0, 0.1) is 23.0 Å². The molecule has 2 saturated heterocycles. The summed E-state index contributed by atoms with van der Waals surface area (Å²) in [4.78, 5) is 11.0. The molecule has 2 N–H and O–H groups in total. The fraction of sp³-hybridized carbons (Fsp3) is 0.261. The molecule has 4 aromatic rings. The van der Waals surface area contributed by atoms with Gasteiger partial charge in [0, 0.05) is 20.8 Å². The molecule has 0 aliphatic carbocycles. The average Bonchev–Trinajstić information content (AvgIpc) is 3.18. The second kappa shape index (κ2) is 7.73. The van der Waals surface area contributed by atoms with Gasteiger partial charge in [-0.2, -0.15) is 15.2 Å². The second-order valence-electron chi connectivity index (χ2n) is 8.22. The van der Waals surface area contributed by atoms with E-state index in [1.54, 1.807) is 6.07 Å². The van der Waals surface area contributed by atoms with Crippen LogP contribution in [-0.2, 0) is 4.74 Å². The maximum Gasteiger partial charge on any atom is 0.318 e. The topological polar surface area (TPSA) is 97.3 Å². The zero-order valence-electron chi connectivity index (χ0n) is 17.7. The molecule has 2 bridgehead atoms. The number of nitriles is 1. The maximum absolute atomic E-state index is 16.2.